The Kier molecular flexibility index (Phi) is 6.87. The number of nitrogens with two attached hydrogens (primary N) is 1. The van der Waals surface area contributed by atoms with Crippen LogP contribution in [0.2, 0.25) is 0 Å². The second-order valence-electron chi connectivity index (χ2n) is 7.98. The second-order valence-corrected chi connectivity index (χ2v) is 7.98. The van der Waals surface area contributed by atoms with Crippen LogP contribution in [0.5, 0.6) is 11.5 Å². The molecule has 0 atom stereocenters. The van der Waals surface area contributed by atoms with Crippen molar-refractivity contribution in [1.82, 2.24) is 14.5 Å². The maximum Gasteiger partial charge on any atom is 0.333 e. The molecule has 2 aromatic rings. The number of nitrogens with zero attached hydrogens (tertiary/aromatic N) is 3. The van der Waals surface area contributed by atoms with Gasteiger partial charge in [-0.05, 0) is 24.1 Å². The van der Waals surface area contributed by atoms with Crippen LogP contribution in [0.1, 0.15) is 25.3 Å². The Bertz CT molecular complexity index is 1140. The molecule has 2 aliphatic heterocycles. The molecule has 0 aliphatic carbocycles. The van der Waals surface area contributed by atoms with E-state index in [0.29, 0.717) is 44.3 Å². The van der Waals surface area contributed by atoms with Crippen LogP contribution in [0.15, 0.2) is 27.8 Å². The lowest BCUT2D eigenvalue weighted by atomic mass is 10.2. The summed E-state index contributed by atoms with van der Waals surface area (Å²) < 4.78 is 18.4. The summed E-state index contributed by atoms with van der Waals surface area (Å²) in [5.41, 5.74) is 6.19. The van der Waals surface area contributed by atoms with Gasteiger partial charge in [-0.3, -0.25) is 14.2 Å². The molecular formula is C22H29N5O6. The SMILES string of the molecule is CCCCn1c(N)c(N2CCOCC2)c(=O)n(CC(=O)NCc2ccc3c(c2)OCO3)c1=O. The van der Waals surface area contributed by atoms with Gasteiger partial charge >= 0.3 is 5.69 Å². The van der Waals surface area contributed by atoms with E-state index in [1.54, 1.807) is 12.1 Å². The smallest absolute Gasteiger partial charge is 0.333 e. The van der Waals surface area contributed by atoms with E-state index in [4.69, 9.17) is 19.9 Å². The standard InChI is InChI=1S/C22H29N5O6/c1-2-3-6-26-20(23)19(25-7-9-31-10-8-25)21(29)27(22(26)30)13-18(28)24-12-15-4-5-16-17(11-15)33-14-32-16/h4-5,11H,2-3,6-10,12-14,23H2,1H3,(H,24,28). The van der Waals surface area contributed by atoms with Crippen LogP contribution < -0.4 is 36.7 Å². The lowest BCUT2D eigenvalue weighted by Gasteiger charge is -2.30. The number of amides is 1. The van der Waals surface area contributed by atoms with E-state index in [0.717, 1.165) is 23.0 Å². The zero-order valence-corrected chi connectivity index (χ0v) is 18.7. The normalized spacial score (nSPS) is 15.0. The van der Waals surface area contributed by atoms with Crippen LogP contribution in [-0.4, -0.2) is 48.1 Å². The molecule has 1 amide bonds. The lowest BCUT2D eigenvalue weighted by Crippen LogP contribution is -2.49. The van der Waals surface area contributed by atoms with E-state index in [2.05, 4.69) is 5.32 Å². The number of morpholine rings is 1. The molecule has 1 aromatic heterocycles. The number of aromatic nitrogens is 2. The maximum atomic E-state index is 13.3. The maximum absolute atomic E-state index is 13.3. The number of hydrogen-bond acceptors (Lipinski definition) is 8. The Hall–Kier alpha value is -3.47. The molecule has 11 nitrogen and oxygen atoms in total. The van der Waals surface area contributed by atoms with Gasteiger partial charge in [0.1, 0.15) is 18.1 Å². The van der Waals surface area contributed by atoms with E-state index >= 15 is 0 Å². The number of hydrogen-bond donors (Lipinski definition) is 2. The number of nitrogens with one attached hydrogen (secondary N) is 1. The summed E-state index contributed by atoms with van der Waals surface area (Å²) in [6.45, 7) is 4.27. The lowest BCUT2D eigenvalue weighted by molar-refractivity contribution is -0.121. The largest absolute Gasteiger partial charge is 0.454 e. The minimum atomic E-state index is -0.582. The molecule has 2 aliphatic rings. The molecule has 1 fully saturated rings. The van der Waals surface area contributed by atoms with Gasteiger partial charge in [-0.25, -0.2) is 9.36 Å². The van der Waals surface area contributed by atoms with Gasteiger partial charge in [-0.1, -0.05) is 19.4 Å². The van der Waals surface area contributed by atoms with Crippen LogP contribution in [0.4, 0.5) is 11.5 Å². The van der Waals surface area contributed by atoms with E-state index < -0.39 is 23.7 Å². The monoisotopic (exact) mass is 459 g/mol. The van der Waals surface area contributed by atoms with Gasteiger partial charge in [-0.2, -0.15) is 0 Å². The van der Waals surface area contributed by atoms with Crippen LogP contribution in [0.25, 0.3) is 0 Å². The molecular weight excluding hydrogens is 430 g/mol. The number of unbranched alkanes of at least 4 members (excludes halogenated alkanes) is 1. The minimum Gasteiger partial charge on any atom is -0.454 e. The molecule has 0 unspecified atom stereocenters. The number of carbonyl (C=O) groups excluding carboxylic acids is 1. The van der Waals surface area contributed by atoms with Crippen LogP contribution in [-0.2, 0) is 29.2 Å². The van der Waals surface area contributed by atoms with E-state index in [9.17, 15) is 14.4 Å². The van der Waals surface area contributed by atoms with Crippen molar-refractivity contribution >= 4 is 17.4 Å². The van der Waals surface area contributed by atoms with Gasteiger partial charge in [0.25, 0.3) is 5.56 Å². The van der Waals surface area contributed by atoms with Crippen LogP contribution >= 0.6 is 0 Å². The van der Waals surface area contributed by atoms with Crippen molar-refractivity contribution in [1.29, 1.82) is 0 Å². The first kappa shape index (κ1) is 22.7. The fourth-order valence-electron chi connectivity index (χ4n) is 3.91. The first-order valence-electron chi connectivity index (χ1n) is 11.1. The molecule has 178 valence electrons. The molecule has 3 heterocycles. The number of fused-ring (bicyclic) bond motifs is 1. The molecule has 3 N–H and O–H groups in total. The zero-order valence-electron chi connectivity index (χ0n) is 18.7. The summed E-state index contributed by atoms with van der Waals surface area (Å²) in [7, 11) is 0. The molecule has 0 saturated carbocycles. The predicted molar refractivity (Wildman–Crippen MR) is 122 cm³/mol. The zero-order chi connectivity index (χ0) is 23.4. The third-order valence-electron chi connectivity index (χ3n) is 5.73. The Morgan fingerprint density at radius 1 is 1.12 bits per heavy atom. The van der Waals surface area contributed by atoms with E-state index in [1.807, 2.05) is 17.9 Å². The third kappa shape index (κ3) is 4.82. The predicted octanol–water partition coefficient (Wildman–Crippen LogP) is 0.274. The van der Waals surface area contributed by atoms with Crippen molar-refractivity contribution in [2.24, 2.45) is 0 Å². The summed E-state index contributed by atoms with van der Waals surface area (Å²) >= 11 is 0. The Labute approximate surface area is 190 Å². The van der Waals surface area contributed by atoms with Crippen molar-refractivity contribution in [3.05, 3.63) is 44.6 Å². The average Bonchev–Trinajstić information content (AvgIpc) is 3.29. The van der Waals surface area contributed by atoms with E-state index in [-0.39, 0.29) is 24.8 Å². The Morgan fingerprint density at radius 2 is 1.88 bits per heavy atom. The van der Waals surface area contributed by atoms with Crippen LogP contribution in [0.3, 0.4) is 0 Å². The minimum absolute atomic E-state index is 0.136. The second kappa shape index (κ2) is 9.99. The topological polar surface area (TPSA) is 130 Å². The molecule has 0 radical (unpaired) electrons. The molecule has 33 heavy (non-hydrogen) atoms. The van der Waals surface area contributed by atoms with Gasteiger partial charge < -0.3 is 30.2 Å². The van der Waals surface area contributed by atoms with Gasteiger partial charge in [0, 0.05) is 26.2 Å². The summed E-state index contributed by atoms with van der Waals surface area (Å²) in [5.74, 6) is 0.955. The van der Waals surface area contributed by atoms with Gasteiger partial charge in [0.05, 0.1) is 13.2 Å². The summed E-state index contributed by atoms with van der Waals surface area (Å²) in [4.78, 5) is 40.8. The highest BCUT2D eigenvalue weighted by molar-refractivity contribution is 5.76. The van der Waals surface area contributed by atoms with Crippen molar-refractivity contribution in [2.75, 3.05) is 43.7 Å². The van der Waals surface area contributed by atoms with Gasteiger partial charge in [-0.15, -0.1) is 0 Å². The molecule has 0 spiro atoms. The fourth-order valence-corrected chi connectivity index (χ4v) is 3.91. The van der Waals surface area contributed by atoms with Crippen molar-refractivity contribution in [3.63, 3.8) is 0 Å². The molecule has 0 bridgehead atoms. The fraction of sp³-hybridized carbons (Fsp3) is 0.500. The summed E-state index contributed by atoms with van der Waals surface area (Å²) in [6, 6.07) is 5.37. The quantitative estimate of drug-likeness (QED) is 0.576. The number of rotatable bonds is 8. The average molecular weight is 460 g/mol. The third-order valence-corrected chi connectivity index (χ3v) is 5.73. The number of nitrogen functional groups attached to an aromatic ring is 1. The number of ether oxygens (including phenoxy) is 3. The summed E-state index contributed by atoms with van der Waals surface area (Å²) in [6.07, 6.45) is 1.58. The highest BCUT2D eigenvalue weighted by Gasteiger charge is 2.24. The van der Waals surface area contributed by atoms with E-state index in [1.165, 1.54) is 4.57 Å². The molecule has 4 rings (SSSR count). The first-order valence-corrected chi connectivity index (χ1v) is 11.1. The first-order chi connectivity index (χ1) is 16.0. The van der Waals surface area contributed by atoms with Gasteiger partial charge in [0.2, 0.25) is 12.7 Å². The van der Waals surface area contributed by atoms with Crippen molar-refractivity contribution in [2.45, 2.75) is 39.4 Å². The number of benzene rings is 1. The Morgan fingerprint density at radius 3 is 2.64 bits per heavy atom. The molecule has 1 aromatic carbocycles. The molecule has 1 saturated heterocycles. The number of anilines is 2. The molecule has 11 heteroatoms. The number of carbonyl (C=O) groups is 1. The van der Waals surface area contributed by atoms with Crippen LogP contribution in [0, 0.1) is 0 Å². The van der Waals surface area contributed by atoms with Crippen molar-refractivity contribution in [3.8, 4) is 11.5 Å². The Balaban J connectivity index is 1.56. The highest BCUT2D eigenvalue weighted by atomic mass is 16.7. The summed E-state index contributed by atoms with van der Waals surface area (Å²) in [5, 5.41) is 2.76. The van der Waals surface area contributed by atoms with Crippen molar-refractivity contribution < 1.29 is 19.0 Å². The van der Waals surface area contributed by atoms with Gasteiger partial charge in [0.15, 0.2) is 11.5 Å². The highest BCUT2D eigenvalue weighted by Crippen LogP contribution is 2.32.